The van der Waals surface area contributed by atoms with Gasteiger partial charge in [-0.3, -0.25) is 14.2 Å². The molecule has 54 heavy (non-hydrogen) atoms. The summed E-state index contributed by atoms with van der Waals surface area (Å²) in [4.78, 5) is 51.5. The van der Waals surface area contributed by atoms with Crippen LogP contribution < -0.4 is 25.4 Å². The van der Waals surface area contributed by atoms with E-state index in [9.17, 15) is 18.9 Å². The lowest BCUT2D eigenvalue weighted by Gasteiger charge is -2.31. The maximum absolute atomic E-state index is 14.3. The second-order valence-electron chi connectivity index (χ2n) is 14.4. The van der Waals surface area contributed by atoms with Gasteiger partial charge >= 0.3 is 13.7 Å². The summed E-state index contributed by atoms with van der Waals surface area (Å²) in [5.41, 5.74) is 1.03. The average Bonchev–Trinajstić information content (AvgIpc) is 3.39. The molecular formula is C37H51N6O9PS. The molecule has 0 radical (unpaired) electrons. The van der Waals surface area contributed by atoms with Gasteiger partial charge in [0.15, 0.2) is 5.13 Å². The van der Waals surface area contributed by atoms with E-state index < -0.39 is 55.1 Å². The topological polar surface area (TPSA) is 180 Å². The molecule has 2 fully saturated rings. The Hall–Kier alpha value is -4.24. The van der Waals surface area contributed by atoms with Crippen molar-refractivity contribution in [2.75, 3.05) is 38.7 Å². The van der Waals surface area contributed by atoms with Gasteiger partial charge in [-0.15, -0.1) is 17.9 Å². The van der Waals surface area contributed by atoms with Crippen LogP contribution in [0.2, 0.25) is 0 Å². The minimum absolute atomic E-state index is 0.00779. The van der Waals surface area contributed by atoms with E-state index in [1.165, 1.54) is 16.2 Å². The van der Waals surface area contributed by atoms with E-state index in [-0.39, 0.29) is 38.1 Å². The van der Waals surface area contributed by atoms with Gasteiger partial charge in [-0.2, -0.15) is 0 Å². The number of carbonyl (C=O) groups is 3. The highest BCUT2D eigenvalue weighted by molar-refractivity contribution is 7.56. The van der Waals surface area contributed by atoms with Gasteiger partial charge in [-0.25, -0.2) is 14.8 Å². The van der Waals surface area contributed by atoms with E-state index >= 15 is 0 Å². The highest BCUT2D eigenvalue weighted by Gasteiger charge is 2.68. The van der Waals surface area contributed by atoms with Crippen LogP contribution in [0.15, 0.2) is 42.3 Å². The number of methoxy groups -OCH3 is 1. The molecule has 3 heterocycles. The molecular weight excluding hydrogens is 735 g/mol. The van der Waals surface area contributed by atoms with Crippen LogP contribution in [0.5, 0.6) is 11.5 Å². The summed E-state index contributed by atoms with van der Waals surface area (Å²) in [5, 5.41) is 10.8. The molecule has 2 aromatic heterocycles. The first-order chi connectivity index (χ1) is 25.5. The van der Waals surface area contributed by atoms with Crippen molar-refractivity contribution in [1.29, 1.82) is 0 Å². The van der Waals surface area contributed by atoms with E-state index in [2.05, 4.69) is 22.5 Å². The Labute approximate surface area is 320 Å². The number of fused-ring (bicyclic) bond motifs is 1. The Kier molecular flexibility index (Phi) is 12.6. The van der Waals surface area contributed by atoms with E-state index in [1.807, 2.05) is 25.3 Å². The predicted molar refractivity (Wildman–Crippen MR) is 207 cm³/mol. The number of carbonyl (C=O) groups excluding carboxylic acids is 3. The molecule has 1 aromatic carbocycles. The summed E-state index contributed by atoms with van der Waals surface area (Å²) in [6.07, 6.45) is 0.548. The van der Waals surface area contributed by atoms with Gasteiger partial charge in [0, 0.05) is 41.3 Å². The third-order valence-electron chi connectivity index (χ3n) is 8.82. The van der Waals surface area contributed by atoms with Gasteiger partial charge in [-0.1, -0.05) is 6.08 Å². The largest absolute Gasteiger partial charge is 0.497 e. The van der Waals surface area contributed by atoms with E-state index in [4.69, 9.17) is 33.2 Å². The molecule has 17 heteroatoms. The molecule has 1 saturated carbocycles. The Morgan fingerprint density at radius 1 is 1.13 bits per heavy atom. The summed E-state index contributed by atoms with van der Waals surface area (Å²) in [6, 6.07) is 6.36. The number of pyridine rings is 1. The number of rotatable bonds is 16. The third kappa shape index (κ3) is 9.16. The second-order valence-corrected chi connectivity index (χ2v) is 17.6. The number of amides is 3. The molecule has 1 aliphatic heterocycles. The van der Waals surface area contributed by atoms with Gasteiger partial charge in [0.25, 0.3) is 0 Å². The standard InChI is InChI=1S/C37H51N6O9PS/c1-10-23-18-37(23,53(47,49-11-2)50-12-3)42-33(45)30-16-25(20-43(30)32(44)19-38-35(46)52-36(6,7)8)51-31-17-28(29-21-54-34(41-29)39-22(4)5)40-27-15-24(48-9)13-14-26(27)31/h10,13-15,17,21-23,25,30H,1,11-12,16,18-20H2,2-9H3,(H,38,46)(H,39,41)(H,42,45)/t23?,25-,30+,37?/m1/s1. The molecule has 3 amide bonds. The number of ether oxygens (including phenoxy) is 3. The fourth-order valence-electron chi connectivity index (χ4n) is 6.37. The summed E-state index contributed by atoms with van der Waals surface area (Å²) >= 11 is 1.46. The van der Waals surface area contributed by atoms with Crippen molar-refractivity contribution in [3.8, 4) is 22.9 Å². The quantitative estimate of drug-likeness (QED) is 0.108. The molecule has 294 valence electrons. The molecule has 3 N–H and O–H groups in total. The molecule has 15 nitrogen and oxygen atoms in total. The van der Waals surface area contributed by atoms with Crippen molar-refractivity contribution in [3.63, 3.8) is 0 Å². The van der Waals surface area contributed by atoms with Gasteiger partial charge in [0.1, 0.15) is 46.8 Å². The lowest BCUT2D eigenvalue weighted by molar-refractivity contribution is -0.138. The van der Waals surface area contributed by atoms with Crippen molar-refractivity contribution < 1.29 is 42.2 Å². The van der Waals surface area contributed by atoms with Crippen LogP contribution in [0.3, 0.4) is 0 Å². The highest BCUT2D eigenvalue weighted by Crippen LogP contribution is 2.72. The van der Waals surface area contributed by atoms with Crippen molar-refractivity contribution >= 4 is 52.9 Å². The lowest BCUT2D eigenvalue weighted by Crippen LogP contribution is -2.52. The second kappa shape index (κ2) is 16.6. The fourth-order valence-corrected chi connectivity index (χ4v) is 9.62. The van der Waals surface area contributed by atoms with Crippen molar-refractivity contribution in [3.05, 3.63) is 42.3 Å². The molecule has 5 rings (SSSR count). The minimum Gasteiger partial charge on any atom is -0.497 e. The highest BCUT2D eigenvalue weighted by atomic mass is 32.1. The first-order valence-electron chi connectivity index (χ1n) is 18.0. The third-order valence-corrected chi connectivity index (χ3v) is 12.4. The molecule has 4 atom stereocenters. The molecule has 1 aliphatic carbocycles. The van der Waals surface area contributed by atoms with Crippen LogP contribution in [0.25, 0.3) is 22.3 Å². The molecule has 3 aromatic rings. The van der Waals surface area contributed by atoms with E-state index in [0.717, 1.165) is 5.13 Å². The smallest absolute Gasteiger partial charge is 0.408 e. The van der Waals surface area contributed by atoms with Crippen LogP contribution in [0.1, 0.15) is 61.3 Å². The SMILES string of the molecule is C=CC1CC1(NC(=O)[C@@H]1C[C@@H](Oc2cc(-c3csc(NC(C)C)n3)nc3cc(OC)ccc23)CN1C(=O)CNC(=O)OC(C)(C)C)P(=O)(OCC)OCC. The average molecular weight is 787 g/mol. The minimum atomic E-state index is -3.85. The zero-order valence-electron chi connectivity index (χ0n) is 32.1. The molecule has 2 unspecified atom stereocenters. The number of nitrogens with one attached hydrogen (secondary N) is 3. The Bertz CT molecular complexity index is 1910. The van der Waals surface area contributed by atoms with Crippen LogP contribution >= 0.6 is 18.9 Å². The summed E-state index contributed by atoms with van der Waals surface area (Å²) in [6.45, 7) is 16.2. The first-order valence-corrected chi connectivity index (χ1v) is 20.5. The Balaban J connectivity index is 1.47. The number of aromatic nitrogens is 2. The number of likely N-dealkylation sites (tertiary alicyclic amines) is 1. The number of alkyl carbamates (subject to hydrolysis) is 1. The molecule has 2 aliphatic rings. The maximum Gasteiger partial charge on any atom is 0.408 e. The number of anilines is 1. The molecule has 0 bridgehead atoms. The zero-order chi connectivity index (χ0) is 39.4. The number of benzene rings is 1. The zero-order valence-corrected chi connectivity index (χ0v) is 33.8. The summed E-state index contributed by atoms with van der Waals surface area (Å²) in [5.74, 6) is -0.399. The Morgan fingerprint density at radius 3 is 2.46 bits per heavy atom. The van der Waals surface area contributed by atoms with Gasteiger partial charge < -0.3 is 44.1 Å². The van der Waals surface area contributed by atoms with Crippen molar-refractivity contribution in [1.82, 2.24) is 25.5 Å². The van der Waals surface area contributed by atoms with Gasteiger partial charge in [-0.05, 0) is 67.0 Å². The van der Waals surface area contributed by atoms with Gasteiger partial charge in [0.05, 0.1) is 38.1 Å². The number of nitrogens with zero attached hydrogens (tertiary/aromatic N) is 3. The summed E-state index contributed by atoms with van der Waals surface area (Å²) < 4.78 is 42.9. The maximum atomic E-state index is 14.3. The predicted octanol–water partition coefficient (Wildman–Crippen LogP) is 6.34. The van der Waals surface area contributed by atoms with E-state index in [0.29, 0.717) is 40.2 Å². The fraction of sp³-hybridized carbons (Fsp3) is 0.541. The number of hydrogen-bond acceptors (Lipinski definition) is 13. The van der Waals surface area contributed by atoms with E-state index in [1.54, 1.807) is 66.0 Å². The number of hydrogen-bond donors (Lipinski definition) is 3. The van der Waals surface area contributed by atoms with Crippen LogP contribution in [-0.4, -0.2) is 95.3 Å². The van der Waals surface area contributed by atoms with Crippen molar-refractivity contribution in [2.24, 2.45) is 5.92 Å². The van der Waals surface area contributed by atoms with Crippen molar-refractivity contribution in [2.45, 2.75) is 90.4 Å². The Morgan fingerprint density at radius 2 is 1.85 bits per heavy atom. The summed E-state index contributed by atoms with van der Waals surface area (Å²) in [7, 11) is -2.28. The van der Waals surface area contributed by atoms with Crippen LogP contribution in [0.4, 0.5) is 9.93 Å². The van der Waals surface area contributed by atoms with Gasteiger partial charge in [0.2, 0.25) is 11.8 Å². The number of thiazole rings is 1. The van der Waals surface area contributed by atoms with Crippen LogP contribution in [0, 0.1) is 5.92 Å². The normalized spacial score (nSPS) is 21.1. The first kappa shape index (κ1) is 40.9. The molecule has 0 spiro atoms. The van der Waals surface area contributed by atoms with Crippen LogP contribution in [-0.2, 0) is 27.9 Å². The monoisotopic (exact) mass is 786 g/mol. The molecule has 1 saturated heterocycles. The lowest BCUT2D eigenvalue weighted by atomic mass is 10.1.